The maximum atomic E-state index is 12.0. The lowest BCUT2D eigenvalue weighted by atomic mass is 10.1. The van der Waals surface area contributed by atoms with E-state index in [1.54, 1.807) is 36.4 Å². The minimum atomic E-state index is -0.0997. The van der Waals surface area contributed by atoms with Crippen LogP contribution in [-0.2, 0) is 0 Å². The van der Waals surface area contributed by atoms with Crippen molar-refractivity contribution >= 4 is 51.0 Å². The van der Waals surface area contributed by atoms with Gasteiger partial charge in [-0.25, -0.2) is 0 Å². The Bertz CT molecular complexity index is 630. The highest BCUT2D eigenvalue weighted by Gasteiger charge is 2.04. The fourth-order valence-corrected chi connectivity index (χ4v) is 2.49. The van der Waals surface area contributed by atoms with Gasteiger partial charge in [-0.05, 0) is 36.4 Å². The van der Waals surface area contributed by atoms with Crippen molar-refractivity contribution in [2.75, 3.05) is 0 Å². The van der Waals surface area contributed by atoms with Crippen molar-refractivity contribution in [1.82, 2.24) is 0 Å². The van der Waals surface area contributed by atoms with Gasteiger partial charge < -0.3 is 0 Å². The van der Waals surface area contributed by atoms with E-state index in [-0.39, 0.29) is 5.78 Å². The quantitative estimate of drug-likeness (QED) is 0.513. The topological polar surface area (TPSA) is 17.1 Å². The van der Waals surface area contributed by atoms with E-state index in [2.05, 4.69) is 15.9 Å². The molecule has 0 aromatic heterocycles. The van der Waals surface area contributed by atoms with E-state index < -0.39 is 0 Å². The summed E-state index contributed by atoms with van der Waals surface area (Å²) in [5.41, 5.74) is 1.25. The number of carbonyl (C=O) groups is 1. The molecule has 0 spiro atoms. The van der Waals surface area contributed by atoms with Crippen molar-refractivity contribution in [3.8, 4) is 0 Å². The summed E-state index contributed by atoms with van der Waals surface area (Å²) in [5.74, 6) is -0.0997. The Morgan fingerprint density at radius 2 is 1.68 bits per heavy atom. The molecule has 19 heavy (non-hydrogen) atoms. The minimum absolute atomic E-state index is 0.0997. The lowest BCUT2D eigenvalue weighted by Gasteiger charge is -2.01. The molecule has 0 aliphatic rings. The molecule has 0 aliphatic heterocycles. The van der Waals surface area contributed by atoms with Crippen LogP contribution in [0, 0.1) is 0 Å². The standard InChI is InChI=1S/C15H9BrCl2O/c16-11-4-1-3-10(9-11)15(19)8-7-12-13(17)5-2-6-14(12)18/h1-9H. The maximum Gasteiger partial charge on any atom is 0.185 e. The van der Waals surface area contributed by atoms with Crippen molar-refractivity contribution in [3.63, 3.8) is 0 Å². The van der Waals surface area contributed by atoms with E-state index in [4.69, 9.17) is 23.2 Å². The highest BCUT2D eigenvalue weighted by atomic mass is 79.9. The molecule has 0 radical (unpaired) electrons. The Hall–Kier alpha value is -1.09. The number of hydrogen-bond donors (Lipinski definition) is 0. The molecule has 0 saturated heterocycles. The third-order valence-electron chi connectivity index (χ3n) is 2.51. The second kappa shape index (κ2) is 6.38. The third kappa shape index (κ3) is 3.69. The molecule has 0 fully saturated rings. The minimum Gasteiger partial charge on any atom is -0.289 e. The predicted molar refractivity (Wildman–Crippen MR) is 84.0 cm³/mol. The first kappa shape index (κ1) is 14.3. The Kier molecular flexibility index (Phi) is 4.81. The molecule has 0 saturated carbocycles. The summed E-state index contributed by atoms with van der Waals surface area (Å²) in [4.78, 5) is 12.0. The van der Waals surface area contributed by atoms with Crippen LogP contribution in [0.3, 0.4) is 0 Å². The van der Waals surface area contributed by atoms with E-state index in [0.717, 1.165) is 4.47 Å². The van der Waals surface area contributed by atoms with Gasteiger partial charge >= 0.3 is 0 Å². The fourth-order valence-electron chi connectivity index (χ4n) is 1.57. The molecule has 0 N–H and O–H groups in total. The van der Waals surface area contributed by atoms with Gasteiger partial charge in [-0.3, -0.25) is 4.79 Å². The van der Waals surface area contributed by atoms with Crippen molar-refractivity contribution < 1.29 is 4.79 Å². The molecule has 2 rings (SSSR count). The normalized spacial score (nSPS) is 10.9. The average molecular weight is 356 g/mol. The van der Waals surface area contributed by atoms with Gasteiger partial charge in [0.25, 0.3) is 0 Å². The van der Waals surface area contributed by atoms with Crippen LogP contribution in [0.5, 0.6) is 0 Å². The number of allylic oxidation sites excluding steroid dienone is 1. The second-order valence-corrected chi connectivity index (χ2v) is 5.57. The Morgan fingerprint density at radius 1 is 1.05 bits per heavy atom. The van der Waals surface area contributed by atoms with Crippen LogP contribution in [0.4, 0.5) is 0 Å². The number of rotatable bonds is 3. The Labute approximate surface area is 130 Å². The maximum absolute atomic E-state index is 12.0. The lowest BCUT2D eigenvalue weighted by Crippen LogP contribution is -1.93. The first-order valence-electron chi connectivity index (χ1n) is 5.50. The smallest absolute Gasteiger partial charge is 0.185 e. The molecule has 1 nitrogen and oxygen atoms in total. The van der Waals surface area contributed by atoms with Crippen LogP contribution in [-0.4, -0.2) is 5.78 Å². The van der Waals surface area contributed by atoms with Crippen LogP contribution in [0.1, 0.15) is 15.9 Å². The fraction of sp³-hybridized carbons (Fsp3) is 0. The van der Waals surface area contributed by atoms with E-state index in [9.17, 15) is 4.79 Å². The van der Waals surface area contributed by atoms with Crippen LogP contribution in [0.15, 0.2) is 53.0 Å². The number of halogens is 3. The summed E-state index contributed by atoms with van der Waals surface area (Å²) in [6, 6.07) is 12.4. The van der Waals surface area contributed by atoms with Crippen molar-refractivity contribution in [2.24, 2.45) is 0 Å². The first-order chi connectivity index (χ1) is 9.08. The summed E-state index contributed by atoms with van der Waals surface area (Å²) >= 11 is 15.4. The van der Waals surface area contributed by atoms with Crippen LogP contribution in [0.25, 0.3) is 6.08 Å². The molecule has 0 unspecified atom stereocenters. The third-order valence-corrected chi connectivity index (χ3v) is 3.66. The largest absolute Gasteiger partial charge is 0.289 e. The zero-order valence-corrected chi connectivity index (χ0v) is 12.8. The number of hydrogen-bond acceptors (Lipinski definition) is 1. The van der Waals surface area contributed by atoms with Gasteiger partial charge in [0.2, 0.25) is 0 Å². The molecule has 0 heterocycles. The van der Waals surface area contributed by atoms with Crippen LogP contribution < -0.4 is 0 Å². The van der Waals surface area contributed by atoms with Gasteiger partial charge in [0.15, 0.2) is 5.78 Å². The number of benzene rings is 2. The molecule has 0 amide bonds. The van der Waals surface area contributed by atoms with E-state index in [1.807, 2.05) is 12.1 Å². The number of ketones is 1. The Balaban J connectivity index is 2.26. The first-order valence-corrected chi connectivity index (χ1v) is 7.05. The van der Waals surface area contributed by atoms with Gasteiger partial charge in [0.05, 0.1) is 0 Å². The highest BCUT2D eigenvalue weighted by Crippen LogP contribution is 2.25. The highest BCUT2D eigenvalue weighted by molar-refractivity contribution is 9.10. The van der Waals surface area contributed by atoms with Gasteiger partial charge in [0.1, 0.15) is 0 Å². The molecule has 4 heteroatoms. The Morgan fingerprint density at radius 3 is 2.32 bits per heavy atom. The van der Waals surface area contributed by atoms with Crippen molar-refractivity contribution in [3.05, 3.63) is 74.2 Å². The van der Waals surface area contributed by atoms with E-state index in [0.29, 0.717) is 21.2 Å². The lowest BCUT2D eigenvalue weighted by molar-refractivity contribution is 0.104. The molecular weight excluding hydrogens is 347 g/mol. The van der Waals surface area contributed by atoms with Crippen molar-refractivity contribution in [1.29, 1.82) is 0 Å². The summed E-state index contributed by atoms with van der Waals surface area (Å²) < 4.78 is 0.863. The SMILES string of the molecule is O=C(C=Cc1c(Cl)cccc1Cl)c1cccc(Br)c1. The van der Waals surface area contributed by atoms with Crippen molar-refractivity contribution in [2.45, 2.75) is 0 Å². The monoisotopic (exact) mass is 354 g/mol. The second-order valence-electron chi connectivity index (χ2n) is 3.84. The number of carbonyl (C=O) groups excluding carboxylic acids is 1. The zero-order valence-electron chi connectivity index (χ0n) is 9.74. The van der Waals surface area contributed by atoms with Crippen LogP contribution in [0.2, 0.25) is 10.0 Å². The average Bonchev–Trinajstić information content (AvgIpc) is 2.38. The predicted octanol–water partition coefficient (Wildman–Crippen LogP) is 5.65. The van der Waals surface area contributed by atoms with Gasteiger partial charge in [0, 0.05) is 25.6 Å². The summed E-state index contributed by atoms with van der Waals surface area (Å²) in [5, 5.41) is 1.04. The summed E-state index contributed by atoms with van der Waals surface area (Å²) in [6.45, 7) is 0. The van der Waals surface area contributed by atoms with Gasteiger partial charge in [-0.15, -0.1) is 0 Å². The summed E-state index contributed by atoms with van der Waals surface area (Å²) in [6.07, 6.45) is 3.10. The van der Waals surface area contributed by atoms with Crippen LogP contribution >= 0.6 is 39.1 Å². The molecular formula is C15H9BrCl2O. The summed E-state index contributed by atoms with van der Waals surface area (Å²) in [7, 11) is 0. The molecule has 2 aromatic rings. The molecule has 0 atom stereocenters. The zero-order chi connectivity index (χ0) is 13.8. The van der Waals surface area contributed by atoms with Gasteiger partial charge in [-0.2, -0.15) is 0 Å². The molecule has 96 valence electrons. The van der Waals surface area contributed by atoms with E-state index in [1.165, 1.54) is 6.08 Å². The molecule has 0 bridgehead atoms. The van der Waals surface area contributed by atoms with E-state index >= 15 is 0 Å². The van der Waals surface area contributed by atoms with Gasteiger partial charge in [-0.1, -0.05) is 57.3 Å². The molecule has 2 aromatic carbocycles. The molecule has 0 aliphatic carbocycles.